The molecule has 0 bridgehead atoms. The fraction of sp³-hybridized carbons (Fsp3) is 0.474. The first-order chi connectivity index (χ1) is 21.3. The monoisotopic (exact) mass is 596 g/mol. The van der Waals surface area contributed by atoms with Crippen LogP contribution in [-0.2, 0) is 45.4 Å². The van der Waals surface area contributed by atoms with E-state index in [9.17, 15) is 0 Å². The molecule has 0 aromatic heterocycles. The molecule has 4 atom stereocenters. The van der Waals surface area contributed by atoms with Gasteiger partial charge in [0.2, 0.25) is 0 Å². The van der Waals surface area contributed by atoms with Gasteiger partial charge in [-0.3, -0.25) is 0 Å². The predicted molar refractivity (Wildman–Crippen MR) is 173 cm³/mol. The lowest BCUT2D eigenvalue weighted by molar-refractivity contribution is -0.0170. The van der Waals surface area contributed by atoms with Crippen molar-refractivity contribution in [2.75, 3.05) is 26.4 Å². The van der Waals surface area contributed by atoms with Gasteiger partial charge in [-0.15, -0.1) is 25.7 Å². The smallest absolute Gasteiger partial charge is 0.136 e. The lowest BCUT2D eigenvalue weighted by Crippen LogP contribution is -2.45. The summed E-state index contributed by atoms with van der Waals surface area (Å²) in [4.78, 5) is 0. The minimum atomic E-state index is -0.262. The van der Waals surface area contributed by atoms with Gasteiger partial charge in [-0.1, -0.05) is 72.9 Å². The van der Waals surface area contributed by atoms with Gasteiger partial charge in [-0.05, 0) is 38.5 Å². The van der Waals surface area contributed by atoms with Gasteiger partial charge in [-0.25, -0.2) is 0 Å². The topological polar surface area (TPSA) is 55.4 Å². The molecule has 2 aromatic rings. The van der Waals surface area contributed by atoms with Crippen molar-refractivity contribution in [1.29, 1.82) is 0 Å². The third kappa shape index (κ3) is 10.1. The summed E-state index contributed by atoms with van der Waals surface area (Å²) >= 11 is 0. The molecule has 232 valence electrons. The van der Waals surface area contributed by atoms with E-state index < -0.39 is 0 Å². The van der Waals surface area contributed by atoms with E-state index in [4.69, 9.17) is 54.1 Å². The summed E-state index contributed by atoms with van der Waals surface area (Å²) in [5.41, 5.74) is 5.70. The molecule has 0 spiro atoms. The van der Waals surface area contributed by atoms with Gasteiger partial charge in [0.15, 0.2) is 0 Å². The first-order valence-corrected chi connectivity index (χ1v) is 14.9. The highest BCUT2D eigenvalue weighted by Gasteiger charge is 2.37. The third-order valence-electron chi connectivity index (χ3n) is 7.68. The molecule has 0 N–H and O–H groups in total. The molecule has 1 fully saturated rings. The number of hydrogen-bond acceptors (Lipinski definition) is 6. The number of terminal acetylenes is 4. The molecule has 0 aliphatic heterocycles. The molecule has 0 radical (unpaired) electrons. The van der Waals surface area contributed by atoms with Crippen LogP contribution in [0.15, 0.2) is 24.3 Å². The van der Waals surface area contributed by atoms with Crippen molar-refractivity contribution in [2.45, 2.75) is 79.2 Å². The zero-order valence-electron chi connectivity index (χ0n) is 26.4. The Morgan fingerprint density at radius 2 is 0.818 bits per heavy atom. The lowest BCUT2D eigenvalue weighted by Gasteiger charge is -2.40. The summed E-state index contributed by atoms with van der Waals surface area (Å²) in [5.74, 6) is 12.4. The van der Waals surface area contributed by atoms with E-state index in [1.807, 2.05) is 13.8 Å². The number of aryl methyl sites for hydroxylation is 2. The van der Waals surface area contributed by atoms with Crippen LogP contribution in [0.3, 0.4) is 0 Å². The van der Waals surface area contributed by atoms with E-state index in [1.165, 1.54) is 0 Å². The van der Waals surface area contributed by atoms with Crippen molar-refractivity contribution in [1.82, 2.24) is 0 Å². The van der Waals surface area contributed by atoms with Crippen molar-refractivity contribution in [3.63, 3.8) is 0 Å². The average molecular weight is 597 g/mol. The average Bonchev–Trinajstić information content (AvgIpc) is 2.98. The van der Waals surface area contributed by atoms with E-state index in [1.54, 1.807) is 0 Å². The van der Waals surface area contributed by atoms with Crippen LogP contribution in [0, 0.1) is 75.1 Å². The van der Waals surface area contributed by atoms with Crippen LogP contribution in [-0.4, -0.2) is 38.6 Å². The Bertz CT molecular complexity index is 1210. The maximum atomic E-state index is 6.93. The van der Waals surface area contributed by atoms with Crippen LogP contribution in [0.1, 0.15) is 60.1 Å². The molecule has 3 rings (SSSR count). The third-order valence-corrected chi connectivity index (χ3v) is 7.68. The second-order valence-electron chi connectivity index (χ2n) is 11.4. The predicted octanol–water partition coefficient (Wildman–Crippen LogP) is 6.16. The van der Waals surface area contributed by atoms with Crippen LogP contribution < -0.4 is 9.47 Å². The molecule has 0 saturated heterocycles. The SMILES string of the molecule is C#CCOCc1cc(C)cc(COCC#C)c1O[C@H]1CC(C)C(C)C[C@H]1Oc1c(COCC#C)cc(C)cc1COCC#C. The highest BCUT2D eigenvalue weighted by molar-refractivity contribution is 5.46. The van der Waals surface area contributed by atoms with Gasteiger partial charge in [0.1, 0.15) is 50.1 Å². The zero-order chi connectivity index (χ0) is 31.9. The maximum Gasteiger partial charge on any atom is 0.136 e. The summed E-state index contributed by atoms with van der Waals surface area (Å²) < 4.78 is 36.9. The normalized spacial score (nSPS) is 19.3. The van der Waals surface area contributed by atoms with Crippen LogP contribution in [0.5, 0.6) is 11.5 Å². The highest BCUT2D eigenvalue weighted by Crippen LogP contribution is 2.39. The van der Waals surface area contributed by atoms with Gasteiger partial charge < -0.3 is 28.4 Å². The molecular formula is C38H44O6. The van der Waals surface area contributed by atoms with Crippen molar-refractivity contribution in [3.8, 4) is 60.9 Å². The van der Waals surface area contributed by atoms with Crippen molar-refractivity contribution in [3.05, 3.63) is 57.6 Å². The van der Waals surface area contributed by atoms with Gasteiger partial charge in [-0.2, -0.15) is 0 Å². The standard InChI is InChI=1S/C38H44O6/c1-9-13-39-23-31-17-27(5)18-32(24-40-14-10-2)37(31)43-35-21-29(7)30(8)22-36(35)44-38-33(25-41-15-11-3)19-28(6)20-34(38)26-42-16-12-4/h1-4,17-20,29-30,35-36H,13-16,21-26H2,5-8H3/t29?,30?,35-,36+. The van der Waals surface area contributed by atoms with Crippen LogP contribution in [0.25, 0.3) is 0 Å². The Kier molecular flexibility index (Phi) is 14.2. The summed E-state index contributed by atoms with van der Waals surface area (Å²) in [6, 6.07) is 8.23. The summed E-state index contributed by atoms with van der Waals surface area (Å²) in [5, 5.41) is 0. The van der Waals surface area contributed by atoms with Gasteiger partial charge in [0.05, 0.1) is 26.4 Å². The second kappa shape index (κ2) is 18.0. The number of hydrogen-bond donors (Lipinski definition) is 0. The Balaban J connectivity index is 2.02. The quantitative estimate of drug-likeness (QED) is 0.171. The summed E-state index contributed by atoms with van der Waals surface area (Å²) in [7, 11) is 0. The van der Waals surface area contributed by atoms with Crippen molar-refractivity contribution >= 4 is 0 Å². The molecule has 6 nitrogen and oxygen atoms in total. The van der Waals surface area contributed by atoms with Gasteiger partial charge >= 0.3 is 0 Å². The molecule has 44 heavy (non-hydrogen) atoms. The summed E-state index contributed by atoms with van der Waals surface area (Å²) in [6.07, 6.45) is 22.9. The van der Waals surface area contributed by atoms with E-state index in [0.29, 0.717) is 49.8 Å². The molecule has 1 aliphatic rings. The van der Waals surface area contributed by atoms with Gasteiger partial charge in [0, 0.05) is 22.3 Å². The molecule has 1 aliphatic carbocycles. The number of ether oxygens (including phenoxy) is 6. The molecule has 1 saturated carbocycles. The van der Waals surface area contributed by atoms with E-state index in [0.717, 1.165) is 46.2 Å². The lowest BCUT2D eigenvalue weighted by atomic mass is 9.78. The molecule has 2 unspecified atom stereocenters. The Labute approximate surface area is 264 Å². The Hall–Kier alpha value is -3.88. The van der Waals surface area contributed by atoms with Crippen molar-refractivity contribution < 1.29 is 28.4 Å². The molecule has 0 heterocycles. The van der Waals surface area contributed by atoms with Crippen LogP contribution >= 0.6 is 0 Å². The van der Waals surface area contributed by atoms with Crippen molar-refractivity contribution in [2.24, 2.45) is 11.8 Å². The van der Waals surface area contributed by atoms with E-state index >= 15 is 0 Å². The molecule has 2 aromatic carbocycles. The second-order valence-corrected chi connectivity index (χ2v) is 11.4. The first-order valence-electron chi connectivity index (χ1n) is 14.9. The summed E-state index contributed by atoms with van der Waals surface area (Å²) in [6.45, 7) is 10.6. The minimum absolute atomic E-state index is 0.197. The van der Waals surface area contributed by atoms with Crippen LogP contribution in [0.4, 0.5) is 0 Å². The number of benzene rings is 2. The van der Waals surface area contributed by atoms with E-state index in [2.05, 4.69) is 61.8 Å². The fourth-order valence-electron chi connectivity index (χ4n) is 5.52. The van der Waals surface area contributed by atoms with Crippen LogP contribution in [0.2, 0.25) is 0 Å². The Morgan fingerprint density at radius 1 is 0.545 bits per heavy atom. The molecule has 6 heteroatoms. The minimum Gasteiger partial charge on any atom is -0.486 e. The Morgan fingerprint density at radius 3 is 1.07 bits per heavy atom. The first kappa shape index (κ1) is 34.6. The maximum absolute atomic E-state index is 6.93. The van der Waals surface area contributed by atoms with E-state index in [-0.39, 0.29) is 38.6 Å². The largest absolute Gasteiger partial charge is 0.486 e. The molecule has 0 amide bonds. The van der Waals surface area contributed by atoms with Gasteiger partial charge in [0.25, 0.3) is 0 Å². The molecular weight excluding hydrogens is 552 g/mol. The number of rotatable bonds is 16. The zero-order valence-corrected chi connectivity index (χ0v) is 26.4. The fourth-order valence-corrected chi connectivity index (χ4v) is 5.52. The highest BCUT2D eigenvalue weighted by atomic mass is 16.5.